The quantitative estimate of drug-likeness (QED) is 0.489. The van der Waals surface area contributed by atoms with Gasteiger partial charge in [0.05, 0.1) is 0 Å². The Morgan fingerprint density at radius 2 is 1.88 bits per heavy atom. The first-order chi connectivity index (χ1) is 12.3. The Kier molecular flexibility index (Phi) is 4.79. The average molecular weight is 359 g/mol. The van der Waals surface area contributed by atoms with Crippen LogP contribution >= 0.6 is 0 Å². The number of hydrogen-bond donors (Lipinski definition) is 0. The molecule has 0 aliphatic rings. The van der Waals surface area contributed by atoms with Crippen LogP contribution in [-0.2, 0) is 11.3 Å². The van der Waals surface area contributed by atoms with Crippen molar-refractivity contribution in [3.63, 3.8) is 0 Å². The van der Waals surface area contributed by atoms with Crippen LogP contribution in [0.3, 0.4) is 0 Å². The van der Waals surface area contributed by atoms with Gasteiger partial charge in [0, 0.05) is 0 Å². The summed E-state index contributed by atoms with van der Waals surface area (Å²) in [5, 5.41) is 0. The number of rotatable bonds is 4. The zero-order chi connectivity index (χ0) is 18.7. The molecular weight excluding hydrogens is 341 g/mol. The zero-order valence-electron chi connectivity index (χ0n) is 14.6. The molecule has 7 heteroatoms. The van der Waals surface area contributed by atoms with Crippen molar-refractivity contribution in [2.75, 3.05) is 0 Å². The molecule has 1 heterocycles. The Morgan fingerprint density at radius 1 is 1.15 bits per heavy atom. The minimum Gasteiger partial charge on any atom is -0.484 e. The fraction of sp³-hybridized carbons (Fsp3) is 0.263. The van der Waals surface area contributed by atoms with Gasteiger partial charge < -0.3 is 18.6 Å². The highest BCUT2D eigenvalue weighted by molar-refractivity contribution is 5.82. The van der Waals surface area contributed by atoms with Gasteiger partial charge >= 0.3 is 6.16 Å². The number of carbonyl (C=O) groups excluding carboxylic acids is 1. The van der Waals surface area contributed by atoms with E-state index in [9.17, 15) is 9.18 Å². The second-order valence-corrected chi connectivity index (χ2v) is 6.52. The first-order valence-corrected chi connectivity index (χ1v) is 7.98. The molecule has 6 nitrogen and oxygen atoms in total. The minimum atomic E-state index is -0.822. The number of ether oxygens (including phenoxy) is 3. The monoisotopic (exact) mass is 359 g/mol. The predicted molar refractivity (Wildman–Crippen MR) is 91.6 cm³/mol. The largest absolute Gasteiger partial charge is 0.514 e. The third-order valence-electron chi connectivity index (χ3n) is 3.19. The number of fused-ring (bicyclic) bond motifs is 1. The van der Waals surface area contributed by atoms with Gasteiger partial charge in [-0.15, -0.1) is 0 Å². The van der Waals surface area contributed by atoms with Crippen molar-refractivity contribution >= 4 is 17.3 Å². The third-order valence-corrected chi connectivity index (χ3v) is 3.19. The molecule has 0 amide bonds. The standard InChI is InChI=1S/C19H18FNO5/c1-19(2,3)26-18(22)25-15-6-4-5-14-17(15)21-16(24-14)11-23-13-9-7-12(20)8-10-13/h4-10H,11H2,1-3H3. The molecule has 0 spiro atoms. The van der Waals surface area contributed by atoms with E-state index in [1.165, 1.54) is 24.3 Å². The summed E-state index contributed by atoms with van der Waals surface area (Å²) in [7, 11) is 0. The molecule has 0 aliphatic heterocycles. The highest BCUT2D eigenvalue weighted by Crippen LogP contribution is 2.27. The molecule has 3 rings (SSSR count). The van der Waals surface area contributed by atoms with Gasteiger partial charge in [0.15, 0.2) is 23.5 Å². The van der Waals surface area contributed by atoms with E-state index in [-0.39, 0.29) is 18.2 Å². The van der Waals surface area contributed by atoms with Crippen LogP contribution in [0.2, 0.25) is 0 Å². The van der Waals surface area contributed by atoms with Crippen molar-refractivity contribution < 1.29 is 27.8 Å². The molecule has 136 valence electrons. The van der Waals surface area contributed by atoms with Gasteiger partial charge in [-0.3, -0.25) is 0 Å². The second-order valence-electron chi connectivity index (χ2n) is 6.52. The maximum atomic E-state index is 12.9. The molecule has 0 aliphatic carbocycles. The number of oxazole rings is 1. The van der Waals surface area contributed by atoms with Crippen LogP contribution < -0.4 is 9.47 Å². The normalized spacial score (nSPS) is 11.4. The first-order valence-electron chi connectivity index (χ1n) is 7.98. The lowest BCUT2D eigenvalue weighted by Crippen LogP contribution is -2.26. The van der Waals surface area contributed by atoms with E-state index in [0.717, 1.165) is 0 Å². The maximum Gasteiger partial charge on any atom is 0.514 e. The number of carbonyl (C=O) groups is 1. The number of aromatic nitrogens is 1. The Morgan fingerprint density at radius 3 is 2.58 bits per heavy atom. The number of hydrogen-bond acceptors (Lipinski definition) is 6. The van der Waals surface area contributed by atoms with Gasteiger partial charge in [0.2, 0.25) is 5.89 Å². The van der Waals surface area contributed by atoms with Gasteiger partial charge in [0.1, 0.15) is 17.2 Å². The van der Waals surface area contributed by atoms with Crippen molar-refractivity contribution in [1.82, 2.24) is 4.98 Å². The van der Waals surface area contributed by atoms with Crippen LogP contribution in [-0.4, -0.2) is 16.7 Å². The number of benzene rings is 2. The summed E-state index contributed by atoms with van der Waals surface area (Å²) < 4.78 is 34.4. The minimum absolute atomic E-state index is 0.0478. The molecule has 0 saturated heterocycles. The molecule has 3 aromatic rings. The molecule has 0 bridgehead atoms. The van der Waals surface area contributed by atoms with Crippen LogP contribution in [0.25, 0.3) is 11.1 Å². The maximum absolute atomic E-state index is 12.9. The lowest BCUT2D eigenvalue weighted by molar-refractivity contribution is 0.0209. The summed E-state index contributed by atoms with van der Waals surface area (Å²) >= 11 is 0. The molecule has 2 aromatic carbocycles. The smallest absolute Gasteiger partial charge is 0.484 e. The van der Waals surface area contributed by atoms with Crippen LogP contribution in [0.4, 0.5) is 9.18 Å². The molecule has 0 radical (unpaired) electrons. The third kappa shape index (κ3) is 4.50. The van der Waals surface area contributed by atoms with E-state index in [1.807, 2.05) is 0 Å². The van der Waals surface area contributed by atoms with Crippen molar-refractivity contribution in [1.29, 1.82) is 0 Å². The summed E-state index contributed by atoms with van der Waals surface area (Å²) in [5.74, 6) is 0.667. The van der Waals surface area contributed by atoms with Crippen LogP contribution in [0.1, 0.15) is 26.7 Å². The summed E-state index contributed by atoms with van der Waals surface area (Å²) in [4.78, 5) is 16.2. The number of para-hydroxylation sites is 1. The highest BCUT2D eigenvalue weighted by atomic mass is 19.1. The van der Waals surface area contributed by atoms with Gasteiger partial charge in [-0.2, -0.15) is 0 Å². The fourth-order valence-corrected chi connectivity index (χ4v) is 2.15. The van der Waals surface area contributed by atoms with Crippen LogP contribution in [0, 0.1) is 5.82 Å². The van der Waals surface area contributed by atoms with Gasteiger partial charge in [-0.05, 0) is 57.2 Å². The van der Waals surface area contributed by atoms with Gasteiger partial charge in [-0.1, -0.05) is 6.07 Å². The molecule has 0 unspecified atom stereocenters. The summed E-state index contributed by atoms with van der Waals surface area (Å²) in [5.41, 5.74) is 0.169. The Hall–Kier alpha value is -3.09. The first kappa shape index (κ1) is 17.7. The molecule has 0 fully saturated rings. The fourth-order valence-electron chi connectivity index (χ4n) is 2.15. The molecule has 1 aromatic heterocycles. The molecule has 0 N–H and O–H groups in total. The Balaban J connectivity index is 1.74. The Bertz CT molecular complexity index is 912. The van der Waals surface area contributed by atoms with E-state index in [1.54, 1.807) is 39.0 Å². The number of halogens is 1. The van der Waals surface area contributed by atoms with E-state index in [4.69, 9.17) is 18.6 Å². The second kappa shape index (κ2) is 7.03. The lowest BCUT2D eigenvalue weighted by Gasteiger charge is -2.18. The van der Waals surface area contributed by atoms with Crippen LogP contribution in [0.5, 0.6) is 11.5 Å². The SMILES string of the molecule is CC(C)(C)OC(=O)Oc1cccc2oc(COc3ccc(F)cc3)nc12. The summed E-state index contributed by atoms with van der Waals surface area (Å²) in [6.45, 7) is 5.29. The van der Waals surface area contributed by atoms with Crippen molar-refractivity contribution in [3.05, 3.63) is 54.2 Å². The zero-order valence-corrected chi connectivity index (χ0v) is 14.6. The van der Waals surface area contributed by atoms with E-state index < -0.39 is 11.8 Å². The van der Waals surface area contributed by atoms with E-state index in [0.29, 0.717) is 22.7 Å². The van der Waals surface area contributed by atoms with Crippen molar-refractivity contribution in [3.8, 4) is 11.5 Å². The molecule has 0 atom stereocenters. The molecule has 26 heavy (non-hydrogen) atoms. The van der Waals surface area contributed by atoms with Crippen molar-refractivity contribution in [2.45, 2.75) is 33.0 Å². The highest BCUT2D eigenvalue weighted by Gasteiger charge is 2.20. The number of nitrogens with zero attached hydrogens (tertiary/aromatic N) is 1. The van der Waals surface area contributed by atoms with Gasteiger partial charge in [0.25, 0.3) is 0 Å². The van der Waals surface area contributed by atoms with Crippen LogP contribution in [0.15, 0.2) is 46.9 Å². The van der Waals surface area contributed by atoms with E-state index >= 15 is 0 Å². The Labute approximate surface area is 149 Å². The summed E-state index contributed by atoms with van der Waals surface area (Å²) in [6.07, 6.45) is -0.822. The lowest BCUT2D eigenvalue weighted by atomic mass is 10.2. The molecule has 0 saturated carbocycles. The van der Waals surface area contributed by atoms with Crippen molar-refractivity contribution in [2.24, 2.45) is 0 Å². The topological polar surface area (TPSA) is 70.8 Å². The molecular formula is C19H18FNO5. The predicted octanol–water partition coefficient (Wildman–Crippen LogP) is 4.86. The average Bonchev–Trinajstić information content (AvgIpc) is 2.97. The summed E-state index contributed by atoms with van der Waals surface area (Å²) in [6, 6.07) is 10.6. The van der Waals surface area contributed by atoms with Gasteiger partial charge in [-0.25, -0.2) is 14.2 Å². The van der Waals surface area contributed by atoms with E-state index in [2.05, 4.69) is 4.98 Å².